The third-order valence-corrected chi connectivity index (χ3v) is 15.2. The van der Waals surface area contributed by atoms with Crippen LogP contribution in [0, 0.1) is 0 Å². The first kappa shape index (κ1) is 53.5. The molecule has 16 nitrogen and oxygen atoms in total. The summed E-state index contributed by atoms with van der Waals surface area (Å²) in [6.45, 7) is 15.2. The third kappa shape index (κ3) is 11.6. The Labute approximate surface area is 455 Å². The number of aromatic nitrogens is 2. The molecule has 394 valence electrons. The minimum absolute atomic E-state index is 0.0380. The maximum Gasteiger partial charge on any atom is 0.410 e. The van der Waals surface area contributed by atoms with Gasteiger partial charge in [0.1, 0.15) is 22.7 Å². The Morgan fingerprint density at radius 3 is 1.84 bits per heavy atom. The Morgan fingerprint density at radius 2 is 1.36 bits per heavy atom. The molecule has 0 aliphatic carbocycles. The zero-order valence-electron chi connectivity index (χ0n) is 42.8. The molecule has 1 aromatic heterocycles. The van der Waals surface area contributed by atoms with Gasteiger partial charge in [0.25, 0.3) is 11.8 Å². The van der Waals surface area contributed by atoms with Crippen molar-refractivity contribution in [2.45, 2.75) is 68.4 Å². The molecular weight excluding hydrogens is 1010 g/mol. The van der Waals surface area contributed by atoms with Crippen molar-refractivity contribution >= 4 is 63.9 Å². The van der Waals surface area contributed by atoms with Gasteiger partial charge in [-0.05, 0) is 50.3 Å². The lowest BCUT2D eigenvalue weighted by atomic mass is 9.80. The molecule has 0 saturated carbocycles. The molecule has 4 amide bonds. The van der Waals surface area contributed by atoms with Gasteiger partial charge in [-0.2, -0.15) is 9.36 Å². The quantitative estimate of drug-likeness (QED) is 0.0263. The number of nitrogens with zero attached hydrogens (tertiary/aromatic N) is 6. The second kappa shape index (κ2) is 23.3. The molecule has 10 rings (SSSR count). The van der Waals surface area contributed by atoms with Gasteiger partial charge in [-0.15, -0.1) is 11.8 Å². The predicted octanol–water partition coefficient (Wildman–Crippen LogP) is 8.79. The summed E-state index contributed by atoms with van der Waals surface area (Å²) in [6.07, 6.45) is 2.08. The maximum absolute atomic E-state index is 14.4. The molecule has 4 aliphatic heterocycles. The average Bonchev–Trinajstić information content (AvgIpc) is 4.24. The van der Waals surface area contributed by atoms with E-state index in [0.717, 1.165) is 58.7 Å². The second-order valence-electron chi connectivity index (χ2n) is 19.5. The van der Waals surface area contributed by atoms with Crippen molar-refractivity contribution in [3.05, 3.63) is 221 Å². The van der Waals surface area contributed by atoms with E-state index >= 15 is 0 Å². The minimum Gasteiger partial charge on any atom is -0.448 e. The number of nitrogens with two attached hydrogens (primary N) is 1. The fourth-order valence-corrected chi connectivity index (χ4v) is 11.3. The molecule has 0 bridgehead atoms. The smallest absolute Gasteiger partial charge is 0.410 e. The number of carbonyl (C=O) groups is 5. The van der Waals surface area contributed by atoms with Gasteiger partial charge in [-0.3, -0.25) is 19.3 Å². The first-order valence-electron chi connectivity index (χ1n) is 25.1. The highest BCUT2D eigenvalue weighted by Crippen LogP contribution is 2.43. The van der Waals surface area contributed by atoms with Gasteiger partial charge in [0.05, 0.1) is 6.04 Å². The molecule has 3 atom stereocenters. The Bertz CT molecular complexity index is 3070. The standard InChI is InChI=1S/C45H36N6O5S2.C14H22N2O3/c1-2-29-28-57-42-36(41(53)51(42)37(29)43(54)55-38(30-18-8-3-9-19-30)31-20-10-4-11-21-31)47-40(52)35(39-48-44(46)58-50-39)49-56-45(32-22-12-5-13-23-32,33-24-14-6-15-25-33)34-26-16-7-17-27-34;1-10-5-8-16(12(10)17)11-6-7-15(9-11)13(18)19-14(2,3)4/h2-27,36,38,42H,1,28H2,(H,47,52)(H2,46,48,50);11H,1,5-9H2,2-4H3/b49-35-;/t36-,42-;11-/m11/s1. The highest BCUT2D eigenvalue weighted by Gasteiger charge is 2.55. The lowest BCUT2D eigenvalue weighted by molar-refractivity contribution is -0.154. The van der Waals surface area contributed by atoms with Crippen LogP contribution >= 0.6 is 23.3 Å². The maximum atomic E-state index is 14.4. The number of likely N-dealkylation sites (tertiary alicyclic amines) is 2. The van der Waals surface area contributed by atoms with Gasteiger partial charge in [0, 0.05) is 59.2 Å². The van der Waals surface area contributed by atoms with E-state index in [1.807, 2.05) is 177 Å². The number of amides is 4. The number of carbonyl (C=O) groups excluding carboxylic acids is 5. The Morgan fingerprint density at radius 1 is 0.818 bits per heavy atom. The minimum atomic E-state index is -1.32. The van der Waals surface area contributed by atoms with Crippen LogP contribution in [0.15, 0.2) is 193 Å². The van der Waals surface area contributed by atoms with Crippen LogP contribution in [0.2, 0.25) is 0 Å². The molecule has 5 heterocycles. The largest absolute Gasteiger partial charge is 0.448 e. The van der Waals surface area contributed by atoms with E-state index in [2.05, 4.69) is 33.0 Å². The number of oxime groups is 1. The highest BCUT2D eigenvalue weighted by atomic mass is 32.2. The number of esters is 1. The number of fused-ring (bicyclic) bond motifs is 1. The van der Waals surface area contributed by atoms with E-state index in [-0.39, 0.29) is 40.4 Å². The Hall–Kier alpha value is -8.35. The molecule has 5 aromatic carbocycles. The molecule has 77 heavy (non-hydrogen) atoms. The van der Waals surface area contributed by atoms with Crippen molar-refractivity contribution in [1.29, 1.82) is 0 Å². The molecule has 3 saturated heterocycles. The number of anilines is 1. The van der Waals surface area contributed by atoms with Crippen LogP contribution in [0.4, 0.5) is 9.93 Å². The number of hydrogen-bond acceptors (Lipinski definition) is 14. The van der Waals surface area contributed by atoms with Gasteiger partial charge < -0.3 is 35.2 Å². The topological polar surface area (TPSA) is 199 Å². The second-order valence-corrected chi connectivity index (χ2v) is 21.4. The van der Waals surface area contributed by atoms with Gasteiger partial charge in [0.2, 0.25) is 23.0 Å². The van der Waals surface area contributed by atoms with E-state index in [1.54, 1.807) is 11.0 Å². The monoisotopic (exact) mass is 1070 g/mol. The summed E-state index contributed by atoms with van der Waals surface area (Å²) in [4.78, 5) is 82.2. The van der Waals surface area contributed by atoms with E-state index in [0.29, 0.717) is 30.0 Å². The fourth-order valence-electron chi connectivity index (χ4n) is 9.56. The van der Waals surface area contributed by atoms with Crippen molar-refractivity contribution in [3.8, 4) is 0 Å². The Kier molecular flexibility index (Phi) is 16.2. The van der Waals surface area contributed by atoms with E-state index < -0.39 is 46.5 Å². The number of β-lactam (4-membered cyclic amide) rings is 1. The average molecular weight is 1070 g/mol. The van der Waals surface area contributed by atoms with Crippen molar-refractivity contribution in [2.75, 3.05) is 31.1 Å². The van der Waals surface area contributed by atoms with Crippen molar-refractivity contribution < 1.29 is 38.3 Å². The molecule has 0 radical (unpaired) electrons. The molecule has 18 heteroatoms. The van der Waals surface area contributed by atoms with Crippen LogP contribution in [-0.4, -0.2) is 108 Å². The summed E-state index contributed by atoms with van der Waals surface area (Å²) in [5.74, 6) is -1.66. The zero-order valence-corrected chi connectivity index (χ0v) is 44.5. The molecule has 4 aliphatic rings. The summed E-state index contributed by atoms with van der Waals surface area (Å²) in [5.41, 5.74) is 8.98. The number of rotatable bonds is 14. The van der Waals surface area contributed by atoms with Crippen molar-refractivity contribution in [3.63, 3.8) is 0 Å². The highest BCUT2D eigenvalue weighted by molar-refractivity contribution is 8.00. The van der Waals surface area contributed by atoms with Gasteiger partial charge in [-0.1, -0.05) is 176 Å². The number of nitrogen functional groups attached to an aromatic ring is 1. The molecule has 0 unspecified atom stereocenters. The number of allylic oxidation sites excluding steroid dienone is 1. The van der Waals surface area contributed by atoms with E-state index in [4.69, 9.17) is 20.0 Å². The molecule has 6 aromatic rings. The summed E-state index contributed by atoms with van der Waals surface area (Å²) in [5, 5.41) is 6.82. The van der Waals surface area contributed by atoms with E-state index in [9.17, 15) is 24.0 Å². The number of benzene rings is 5. The lowest BCUT2D eigenvalue weighted by Gasteiger charge is -2.49. The van der Waals surface area contributed by atoms with E-state index in [1.165, 1.54) is 16.7 Å². The van der Waals surface area contributed by atoms with Crippen LogP contribution < -0.4 is 11.1 Å². The molecule has 3 N–H and O–H groups in total. The normalized spacial score (nSPS) is 18.5. The Balaban J connectivity index is 0.000000320. The summed E-state index contributed by atoms with van der Waals surface area (Å²) < 4.78 is 15.8. The zero-order chi connectivity index (χ0) is 54.3. The van der Waals surface area contributed by atoms with Crippen molar-refractivity contribution in [2.24, 2.45) is 5.16 Å². The SMILES string of the molecule is C=C1CCN([C@@H]2CCN(C(=O)OC(C)(C)C)C2)C1=O.C=CC1=C(C(=O)OC(c2ccccc2)c2ccccc2)N2C(=O)[C@@H](NC(=O)/C(=N\OC(c3ccccc3)(c3ccccc3)c3ccccc3)c3nsc(N)n3)[C@H]2SC1. The third-order valence-electron chi connectivity index (χ3n) is 13.3. The summed E-state index contributed by atoms with van der Waals surface area (Å²) >= 11 is 2.28. The number of hydrogen-bond donors (Lipinski definition) is 2. The fraction of sp³-hybridized carbons (Fsp3) is 0.254. The van der Waals surface area contributed by atoms with Crippen LogP contribution in [0.5, 0.6) is 0 Å². The first-order chi connectivity index (χ1) is 37.2. The van der Waals surface area contributed by atoms with Crippen LogP contribution in [0.3, 0.4) is 0 Å². The predicted molar refractivity (Wildman–Crippen MR) is 296 cm³/mol. The van der Waals surface area contributed by atoms with Crippen molar-refractivity contribution in [1.82, 2.24) is 29.4 Å². The van der Waals surface area contributed by atoms with Crippen LogP contribution in [0.1, 0.15) is 73.4 Å². The first-order valence-corrected chi connectivity index (χ1v) is 26.9. The molecule has 0 spiro atoms. The van der Waals surface area contributed by atoms with Gasteiger partial charge >= 0.3 is 12.1 Å². The lowest BCUT2D eigenvalue weighted by Crippen LogP contribution is -2.71. The van der Waals surface area contributed by atoms with Gasteiger partial charge in [0.15, 0.2) is 11.2 Å². The number of ether oxygens (including phenoxy) is 2. The number of thioether (sulfide) groups is 1. The van der Waals surface area contributed by atoms with Crippen LogP contribution in [-0.2, 0) is 39.1 Å². The molecular formula is C59H58N8O8S2. The number of nitrogens with one attached hydrogen (secondary N) is 1. The van der Waals surface area contributed by atoms with Crippen LogP contribution in [0.25, 0.3) is 0 Å². The summed E-state index contributed by atoms with van der Waals surface area (Å²) in [6, 6.07) is 46.5. The summed E-state index contributed by atoms with van der Waals surface area (Å²) in [7, 11) is 0. The molecule has 3 fully saturated rings. The van der Waals surface area contributed by atoms with Gasteiger partial charge in [-0.25, -0.2) is 9.59 Å².